The highest BCUT2D eigenvalue weighted by atomic mass is 35.5. The van der Waals surface area contributed by atoms with Crippen LogP contribution in [-0.4, -0.2) is 28.8 Å². The Morgan fingerprint density at radius 3 is 2.03 bits per heavy atom. The van der Waals surface area contributed by atoms with Gasteiger partial charge < -0.3 is 10.2 Å². The molecule has 0 radical (unpaired) electrons. The average Bonchev–Trinajstić information content (AvgIpc) is 2.79. The second kappa shape index (κ2) is 12.3. The van der Waals surface area contributed by atoms with Crippen molar-refractivity contribution in [2.45, 2.75) is 45.3 Å². The highest BCUT2D eigenvalue weighted by molar-refractivity contribution is 6.36. The molecule has 1 N–H and O–H groups in total. The Hall–Kier alpha value is -2.53. The average molecular weight is 518 g/mol. The van der Waals surface area contributed by atoms with Crippen LogP contribution in [0, 0.1) is 0 Å². The van der Waals surface area contributed by atoms with E-state index in [0.717, 1.165) is 5.56 Å². The number of carbonyl (C=O) groups is 2. The Bertz CT molecular complexity index is 1120. The van der Waals surface area contributed by atoms with Gasteiger partial charge in [-0.25, -0.2) is 0 Å². The summed E-state index contributed by atoms with van der Waals surface area (Å²) in [4.78, 5) is 28.7. The Morgan fingerprint density at radius 1 is 0.824 bits per heavy atom. The SMILES string of the molecule is CC(C)NC(=O)C(Cc1ccccc1)N(Cc1c(Cl)cccc1Cl)C(=O)Cc1ccccc1Cl. The first-order valence-corrected chi connectivity index (χ1v) is 12.2. The van der Waals surface area contributed by atoms with Gasteiger partial charge in [-0.1, -0.05) is 89.4 Å². The number of nitrogens with zero attached hydrogens (tertiary/aromatic N) is 1. The van der Waals surface area contributed by atoms with Crippen molar-refractivity contribution in [3.05, 3.63) is 105 Å². The number of halogens is 3. The molecule has 0 aliphatic rings. The van der Waals surface area contributed by atoms with E-state index in [4.69, 9.17) is 34.8 Å². The van der Waals surface area contributed by atoms with Gasteiger partial charge in [0.2, 0.25) is 11.8 Å². The Balaban J connectivity index is 2.03. The van der Waals surface area contributed by atoms with E-state index in [0.29, 0.717) is 32.6 Å². The van der Waals surface area contributed by atoms with Crippen molar-refractivity contribution in [3.63, 3.8) is 0 Å². The number of nitrogens with one attached hydrogen (secondary N) is 1. The van der Waals surface area contributed by atoms with Gasteiger partial charge in [0.1, 0.15) is 6.04 Å². The molecule has 0 bridgehead atoms. The number of benzene rings is 3. The van der Waals surface area contributed by atoms with Gasteiger partial charge in [0.05, 0.1) is 6.42 Å². The zero-order chi connectivity index (χ0) is 24.7. The number of hydrogen-bond acceptors (Lipinski definition) is 2. The molecule has 4 nitrogen and oxygen atoms in total. The van der Waals surface area contributed by atoms with Crippen LogP contribution in [0.4, 0.5) is 0 Å². The maximum Gasteiger partial charge on any atom is 0.243 e. The summed E-state index contributed by atoms with van der Waals surface area (Å²) in [5, 5.41) is 4.33. The van der Waals surface area contributed by atoms with E-state index in [1.54, 1.807) is 35.2 Å². The predicted octanol–water partition coefficient (Wildman–Crippen LogP) is 6.35. The molecule has 0 saturated heterocycles. The molecule has 1 atom stereocenters. The maximum absolute atomic E-state index is 13.7. The summed E-state index contributed by atoms with van der Waals surface area (Å²) in [7, 11) is 0. The molecule has 0 aliphatic carbocycles. The van der Waals surface area contributed by atoms with E-state index in [1.807, 2.05) is 56.3 Å². The van der Waals surface area contributed by atoms with Crippen molar-refractivity contribution in [2.75, 3.05) is 0 Å². The Labute approximate surface area is 215 Å². The molecule has 1 unspecified atom stereocenters. The number of amides is 2. The van der Waals surface area contributed by atoms with Crippen LogP contribution in [0.2, 0.25) is 15.1 Å². The molecule has 0 fully saturated rings. The van der Waals surface area contributed by atoms with E-state index in [2.05, 4.69) is 5.32 Å². The first kappa shape index (κ1) is 26.1. The highest BCUT2D eigenvalue weighted by Gasteiger charge is 2.31. The minimum Gasteiger partial charge on any atom is -0.352 e. The fourth-order valence-electron chi connectivity index (χ4n) is 3.69. The van der Waals surface area contributed by atoms with Crippen LogP contribution in [0.5, 0.6) is 0 Å². The number of carbonyl (C=O) groups excluding carboxylic acids is 2. The lowest BCUT2D eigenvalue weighted by Crippen LogP contribution is -2.52. The molecule has 0 aliphatic heterocycles. The van der Waals surface area contributed by atoms with Crippen molar-refractivity contribution in [3.8, 4) is 0 Å². The second-order valence-corrected chi connectivity index (χ2v) is 9.58. The van der Waals surface area contributed by atoms with Crippen LogP contribution in [0.1, 0.15) is 30.5 Å². The molecular weight excluding hydrogens is 491 g/mol. The van der Waals surface area contributed by atoms with Crippen LogP contribution in [-0.2, 0) is 29.0 Å². The molecule has 34 heavy (non-hydrogen) atoms. The van der Waals surface area contributed by atoms with Crippen molar-refractivity contribution in [2.24, 2.45) is 0 Å². The van der Waals surface area contributed by atoms with Gasteiger partial charge in [-0.05, 0) is 43.2 Å². The minimum atomic E-state index is -0.771. The van der Waals surface area contributed by atoms with Crippen molar-refractivity contribution in [1.29, 1.82) is 0 Å². The number of rotatable bonds is 9. The molecule has 3 rings (SSSR count). The fourth-order valence-corrected chi connectivity index (χ4v) is 4.41. The molecule has 0 aromatic heterocycles. The van der Waals surface area contributed by atoms with Gasteiger partial charge in [0.15, 0.2) is 0 Å². The monoisotopic (exact) mass is 516 g/mol. The summed E-state index contributed by atoms with van der Waals surface area (Å²) in [6.07, 6.45) is 0.387. The zero-order valence-corrected chi connectivity index (χ0v) is 21.4. The third-order valence-corrected chi connectivity index (χ3v) is 6.47. The van der Waals surface area contributed by atoms with E-state index in [-0.39, 0.29) is 30.8 Å². The molecule has 0 saturated carbocycles. The van der Waals surface area contributed by atoms with E-state index in [9.17, 15) is 9.59 Å². The van der Waals surface area contributed by atoms with Gasteiger partial charge in [0.25, 0.3) is 0 Å². The van der Waals surface area contributed by atoms with Crippen molar-refractivity contribution in [1.82, 2.24) is 10.2 Å². The molecule has 3 aromatic rings. The molecule has 0 heterocycles. The smallest absolute Gasteiger partial charge is 0.243 e. The maximum atomic E-state index is 13.7. The molecule has 7 heteroatoms. The summed E-state index contributed by atoms with van der Waals surface area (Å²) >= 11 is 19.2. The zero-order valence-electron chi connectivity index (χ0n) is 19.1. The van der Waals surface area contributed by atoms with Crippen LogP contribution in [0.15, 0.2) is 72.8 Å². The van der Waals surface area contributed by atoms with Crippen LogP contribution >= 0.6 is 34.8 Å². The molecule has 2 amide bonds. The molecule has 0 spiro atoms. The Morgan fingerprint density at radius 2 is 1.41 bits per heavy atom. The first-order chi connectivity index (χ1) is 16.3. The van der Waals surface area contributed by atoms with Gasteiger partial charge in [0, 0.05) is 39.6 Å². The van der Waals surface area contributed by atoms with Crippen LogP contribution in [0.25, 0.3) is 0 Å². The highest BCUT2D eigenvalue weighted by Crippen LogP contribution is 2.28. The summed E-state index contributed by atoms with van der Waals surface area (Å²) < 4.78 is 0. The standard InChI is InChI=1S/C27H27Cl3N2O2/c1-18(2)31-27(34)25(15-19-9-4-3-5-10-19)32(17-21-23(29)13-8-14-24(21)30)26(33)16-20-11-6-7-12-22(20)28/h3-14,18,25H,15-17H2,1-2H3,(H,31,34). The van der Waals surface area contributed by atoms with Gasteiger partial charge in [-0.2, -0.15) is 0 Å². The summed E-state index contributed by atoms with van der Waals surface area (Å²) in [5.74, 6) is -0.488. The first-order valence-electron chi connectivity index (χ1n) is 11.1. The van der Waals surface area contributed by atoms with E-state index >= 15 is 0 Å². The molecule has 3 aromatic carbocycles. The minimum absolute atomic E-state index is 0.0436. The quantitative estimate of drug-likeness (QED) is 0.359. The van der Waals surface area contributed by atoms with Gasteiger partial charge >= 0.3 is 0 Å². The van der Waals surface area contributed by atoms with E-state index in [1.165, 1.54) is 0 Å². The molecular formula is C27H27Cl3N2O2. The predicted molar refractivity (Wildman–Crippen MR) is 139 cm³/mol. The summed E-state index contributed by atoms with van der Waals surface area (Å²) in [6.45, 7) is 3.86. The van der Waals surface area contributed by atoms with Gasteiger partial charge in [-0.3, -0.25) is 9.59 Å². The van der Waals surface area contributed by atoms with Crippen LogP contribution < -0.4 is 5.32 Å². The fraction of sp³-hybridized carbons (Fsp3) is 0.259. The third kappa shape index (κ3) is 6.99. The topological polar surface area (TPSA) is 49.4 Å². The lowest BCUT2D eigenvalue weighted by molar-refractivity contribution is -0.141. The van der Waals surface area contributed by atoms with E-state index < -0.39 is 6.04 Å². The normalized spacial score (nSPS) is 11.8. The Kier molecular flexibility index (Phi) is 9.40. The molecule has 178 valence electrons. The third-order valence-electron chi connectivity index (χ3n) is 5.39. The van der Waals surface area contributed by atoms with Crippen molar-refractivity contribution < 1.29 is 9.59 Å². The largest absolute Gasteiger partial charge is 0.352 e. The van der Waals surface area contributed by atoms with Crippen LogP contribution in [0.3, 0.4) is 0 Å². The van der Waals surface area contributed by atoms with Crippen molar-refractivity contribution >= 4 is 46.6 Å². The van der Waals surface area contributed by atoms with Gasteiger partial charge in [-0.15, -0.1) is 0 Å². The second-order valence-electron chi connectivity index (χ2n) is 8.36. The summed E-state index contributed by atoms with van der Waals surface area (Å²) in [5.41, 5.74) is 2.22. The summed E-state index contributed by atoms with van der Waals surface area (Å²) in [6, 6.07) is 21.1. The lowest BCUT2D eigenvalue weighted by Gasteiger charge is -2.32. The number of hydrogen-bond donors (Lipinski definition) is 1. The lowest BCUT2D eigenvalue weighted by atomic mass is 10.0.